The smallest absolute Gasteiger partial charge is 0.295 e. The highest BCUT2D eigenvalue weighted by molar-refractivity contribution is 6.46. The van der Waals surface area contributed by atoms with Gasteiger partial charge < -0.3 is 28.6 Å². The number of aliphatic hydroxyl groups is 1. The highest BCUT2D eigenvalue weighted by atomic mass is 16.5. The number of nitrogens with zero attached hydrogens (tertiary/aromatic N) is 1. The van der Waals surface area contributed by atoms with E-state index in [0.29, 0.717) is 17.3 Å². The molecule has 8 nitrogen and oxygen atoms in total. The van der Waals surface area contributed by atoms with Gasteiger partial charge in [0.15, 0.2) is 0 Å². The van der Waals surface area contributed by atoms with Gasteiger partial charge in [-0.1, -0.05) is 6.07 Å². The summed E-state index contributed by atoms with van der Waals surface area (Å²) in [5.41, 5.74) is 0.0904. The third-order valence-corrected chi connectivity index (χ3v) is 4.55. The van der Waals surface area contributed by atoms with Crippen LogP contribution in [0.3, 0.4) is 0 Å². The molecule has 0 saturated carbocycles. The third kappa shape index (κ3) is 3.22. The number of Topliss-reactive ketones (excluding diaryl/α,β-unsaturated/α-hetero) is 1. The minimum Gasteiger partial charge on any atom is -0.506 e. The van der Waals surface area contributed by atoms with E-state index < -0.39 is 23.5 Å². The summed E-state index contributed by atoms with van der Waals surface area (Å²) in [6, 6.07) is 7.34. The van der Waals surface area contributed by atoms with Crippen molar-refractivity contribution < 1.29 is 33.3 Å². The highest BCUT2D eigenvalue weighted by Crippen LogP contribution is 2.43. The maximum absolute atomic E-state index is 12.8. The molecule has 1 amide bonds. The van der Waals surface area contributed by atoms with Gasteiger partial charge in [0.2, 0.25) is 0 Å². The first-order valence-corrected chi connectivity index (χ1v) is 8.57. The Labute approximate surface area is 161 Å². The summed E-state index contributed by atoms with van der Waals surface area (Å²) in [6.45, 7) is 0.383. The molecule has 1 N–H and O–H groups in total. The summed E-state index contributed by atoms with van der Waals surface area (Å²) in [6.07, 6.45) is 1.44. The molecule has 1 saturated heterocycles. The molecule has 1 fully saturated rings. The topological polar surface area (TPSA) is 98.4 Å². The first-order chi connectivity index (χ1) is 13.5. The molecule has 1 aromatic heterocycles. The number of carbonyl (C=O) groups excluding carboxylic acids is 2. The van der Waals surface area contributed by atoms with E-state index in [1.165, 1.54) is 32.5 Å². The van der Waals surface area contributed by atoms with Gasteiger partial charge in [-0.15, -0.1) is 0 Å². The number of hydrogen-bond acceptors (Lipinski definition) is 7. The summed E-state index contributed by atoms with van der Waals surface area (Å²) in [5, 5.41) is 11.1. The van der Waals surface area contributed by atoms with Crippen LogP contribution in [0.25, 0.3) is 5.76 Å². The Hall–Kier alpha value is -3.26. The molecule has 1 aromatic carbocycles. The fourth-order valence-electron chi connectivity index (χ4n) is 3.26. The van der Waals surface area contributed by atoms with Crippen molar-refractivity contribution in [2.45, 2.75) is 6.04 Å². The number of ether oxygens (including phenoxy) is 3. The number of carbonyl (C=O) groups is 2. The van der Waals surface area contributed by atoms with E-state index in [9.17, 15) is 14.7 Å². The van der Waals surface area contributed by atoms with Crippen molar-refractivity contribution in [2.75, 3.05) is 34.5 Å². The molecule has 8 heteroatoms. The van der Waals surface area contributed by atoms with Crippen LogP contribution in [0.1, 0.15) is 17.4 Å². The lowest BCUT2D eigenvalue weighted by molar-refractivity contribution is -0.140. The van der Waals surface area contributed by atoms with Crippen LogP contribution < -0.4 is 9.47 Å². The molecular weight excluding hydrogens is 366 g/mol. The molecule has 148 valence electrons. The van der Waals surface area contributed by atoms with E-state index in [-0.39, 0.29) is 24.3 Å². The van der Waals surface area contributed by atoms with E-state index in [1.807, 2.05) is 0 Å². The second-order valence-corrected chi connectivity index (χ2v) is 6.04. The van der Waals surface area contributed by atoms with Crippen molar-refractivity contribution >= 4 is 17.4 Å². The fraction of sp³-hybridized carbons (Fsp3) is 0.300. The van der Waals surface area contributed by atoms with Crippen LogP contribution in [0.5, 0.6) is 11.5 Å². The number of aliphatic hydroxyl groups excluding tert-OH is 1. The molecule has 3 rings (SSSR count). The lowest BCUT2D eigenvalue weighted by Gasteiger charge is -2.23. The summed E-state index contributed by atoms with van der Waals surface area (Å²) in [4.78, 5) is 26.8. The molecule has 1 atom stereocenters. The molecule has 0 aliphatic carbocycles. The predicted octanol–water partition coefficient (Wildman–Crippen LogP) is 2.36. The molecule has 2 aromatic rings. The fourth-order valence-corrected chi connectivity index (χ4v) is 3.26. The SMILES string of the molecule is COCCN1C(=O)C(=O)/C(=C(/O)c2c(OC)cccc2OC)C1c1ccco1. The number of benzene rings is 1. The lowest BCUT2D eigenvalue weighted by Crippen LogP contribution is -2.32. The zero-order valence-electron chi connectivity index (χ0n) is 15.8. The molecular formula is C20H21NO7. The van der Waals surface area contributed by atoms with Crippen LogP contribution in [-0.4, -0.2) is 56.2 Å². The van der Waals surface area contributed by atoms with Gasteiger partial charge in [-0.05, 0) is 24.3 Å². The Kier molecular flexibility index (Phi) is 5.70. The zero-order chi connectivity index (χ0) is 20.3. The van der Waals surface area contributed by atoms with Gasteiger partial charge >= 0.3 is 0 Å². The third-order valence-electron chi connectivity index (χ3n) is 4.55. The largest absolute Gasteiger partial charge is 0.506 e. The van der Waals surface area contributed by atoms with Gasteiger partial charge in [0.1, 0.15) is 34.6 Å². The van der Waals surface area contributed by atoms with Gasteiger partial charge in [-0.2, -0.15) is 0 Å². The number of furan rings is 1. The maximum atomic E-state index is 12.8. The van der Waals surface area contributed by atoms with E-state index in [2.05, 4.69) is 0 Å². The molecule has 1 aliphatic heterocycles. The minimum atomic E-state index is -0.889. The molecule has 1 unspecified atom stereocenters. The summed E-state index contributed by atoms with van der Waals surface area (Å²) < 4.78 is 21.2. The van der Waals surface area contributed by atoms with Gasteiger partial charge in [0.05, 0.1) is 32.7 Å². The normalized spacial score (nSPS) is 18.5. The van der Waals surface area contributed by atoms with Crippen LogP contribution in [-0.2, 0) is 14.3 Å². The summed E-state index contributed by atoms with van der Waals surface area (Å²) in [5.74, 6) is -0.993. The number of hydrogen-bond donors (Lipinski definition) is 1. The number of likely N-dealkylation sites (tertiary alicyclic amines) is 1. The second-order valence-electron chi connectivity index (χ2n) is 6.04. The first kappa shape index (κ1) is 19.5. The van der Waals surface area contributed by atoms with Crippen molar-refractivity contribution in [1.29, 1.82) is 0 Å². The van der Waals surface area contributed by atoms with Gasteiger partial charge in [0.25, 0.3) is 11.7 Å². The standard InChI is InChI=1S/C20H21NO7/c1-25-11-9-21-17(14-8-5-10-28-14)16(19(23)20(21)24)18(22)15-12(26-2)6-4-7-13(15)27-3/h4-8,10,17,22H,9,11H2,1-3H3/b18-16+. The average molecular weight is 387 g/mol. The van der Waals surface area contributed by atoms with Gasteiger partial charge in [-0.3, -0.25) is 9.59 Å². The summed E-state index contributed by atoms with van der Waals surface area (Å²) >= 11 is 0. The monoisotopic (exact) mass is 387 g/mol. The van der Waals surface area contributed by atoms with Crippen LogP contribution in [0.15, 0.2) is 46.6 Å². The van der Waals surface area contributed by atoms with Crippen molar-refractivity contribution in [3.8, 4) is 11.5 Å². The Morgan fingerprint density at radius 1 is 1.11 bits per heavy atom. The van der Waals surface area contributed by atoms with E-state index in [1.54, 1.807) is 30.3 Å². The Morgan fingerprint density at radius 3 is 2.32 bits per heavy atom. The zero-order valence-corrected chi connectivity index (χ0v) is 15.8. The Bertz CT molecular complexity index is 879. The first-order valence-electron chi connectivity index (χ1n) is 8.57. The molecule has 0 bridgehead atoms. The molecule has 2 heterocycles. The van der Waals surface area contributed by atoms with Crippen molar-refractivity contribution in [3.63, 3.8) is 0 Å². The molecule has 1 aliphatic rings. The van der Waals surface area contributed by atoms with Gasteiger partial charge in [-0.25, -0.2) is 0 Å². The number of rotatable bonds is 7. The van der Waals surface area contributed by atoms with Crippen molar-refractivity contribution in [3.05, 3.63) is 53.5 Å². The quantitative estimate of drug-likeness (QED) is 0.442. The van der Waals surface area contributed by atoms with E-state index >= 15 is 0 Å². The van der Waals surface area contributed by atoms with Crippen molar-refractivity contribution in [1.82, 2.24) is 4.90 Å². The predicted molar refractivity (Wildman–Crippen MR) is 99.1 cm³/mol. The number of amides is 1. The van der Waals surface area contributed by atoms with Crippen molar-refractivity contribution in [2.24, 2.45) is 0 Å². The highest BCUT2D eigenvalue weighted by Gasteiger charge is 2.47. The van der Waals surface area contributed by atoms with Crippen LogP contribution in [0, 0.1) is 0 Å². The maximum Gasteiger partial charge on any atom is 0.295 e. The molecule has 28 heavy (non-hydrogen) atoms. The Balaban J connectivity index is 2.23. The minimum absolute atomic E-state index is 0.0983. The second kappa shape index (κ2) is 8.18. The molecule has 0 radical (unpaired) electrons. The average Bonchev–Trinajstić information content (AvgIpc) is 3.32. The number of methoxy groups -OCH3 is 3. The van der Waals surface area contributed by atoms with Gasteiger partial charge in [0, 0.05) is 13.7 Å². The van der Waals surface area contributed by atoms with E-state index in [4.69, 9.17) is 18.6 Å². The molecule has 0 spiro atoms. The van der Waals surface area contributed by atoms with Crippen LogP contribution >= 0.6 is 0 Å². The lowest BCUT2D eigenvalue weighted by atomic mass is 9.98. The van der Waals surface area contributed by atoms with E-state index in [0.717, 1.165) is 0 Å². The Morgan fingerprint density at radius 2 is 1.79 bits per heavy atom. The van der Waals surface area contributed by atoms with Crippen LogP contribution in [0.4, 0.5) is 0 Å². The number of ketones is 1. The summed E-state index contributed by atoms with van der Waals surface area (Å²) in [7, 11) is 4.37. The van der Waals surface area contributed by atoms with Crippen LogP contribution in [0.2, 0.25) is 0 Å².